The van der Waals surface area contributed by atoms with E-state index in [4.69, 9.17) is 19.2 Å². The van der Waals surface area contributed by atoms with Crippen LogP contribution in [0.5, 0.6) is 17.2 Å². The van der Waals surface area contributed by atoms with Gasteiger partial charge in [0.05, 0.1) is 36.6 Å². The highest BCUT2D eigenvalue weighted by Crippen LogP contribution is 2.40. The average molecular weight is 556 g/mol. The van der Waals surface area contributed by atoms with Crippen LogP contribution in [0, 0.1) is 0 Å². The van der Waals surface area contributed by atoms with Crippen LogP contribution in [0.2, 0.25) is 0 Å². The van der Waals surface area contributed by atoms with Gasteiger partial charge in [-0.1, -0.05) is 33.3 Å². The van der Waals surface area contributed by atoms with Gasteiger partial charge in [0.25, 0.3) is 5.91 Å². The van der Waals surface area contributed by atoms with Gasteiger partial charge in [0.15, 0.2) is 16.6 Å². The molecule has 0 aliphatic rings. The van der Waals surface area contributed by atoms with E-state index in [2.05, 4.69) is 20.9 Å². The molecular formula is C26H26BrN3O4S. The van der Waals surface area contributed by atoms with E-state index in [0.717, 1.165) is 20.3 Å². The predicted molar refractivity (Wildman–Crippen MR) is 142 cm³/mol. The molecule has 0 saturated heterocycles. The Balaban J connectivity index is 1.81. The van der Waals surface area contributed by atoms with Crippen LogP contribution >= 0.6 is 27.3 Å². The van der Waals surface area contributed by atoms with E-state index in [9.17, 15) is 4.79 Å². The van der Waals surface area contributed by atoms with Gasteiger partial charge in [0, 0.05) is 22.4 Å². The number of nitrogens with zero attached hydrogens (tertiary/aromatic N) is 3. The number of ether oxygens (including phenoxy) is 3. The minimum Gasteiger partial charge on any atom is -0.490 e. The van der Waals surface area contributed by atoms with E-state index in [1.54, 1.807) is 29.4 Å². The van der Waals surface area contributed by atoms with Gasteiger partial charge in [-0.05, 0) is 62.7 Å². The number of rotatable bonds is 10. The molecule has 0 N–H and O–H groups in total. The van der Waals surface area contributed by atoms with Gasteiger partial charge >= 0.3 is 0 Å². The highest BCUT2D eigenvalue weighted by Gasteiger charge is 2.25. The molecule has 0 bridgehead atoms. The lowest BCUT2D eigenvalue weighted by Crippen LogP contribution is -2.30. The molecule has 1 amide bonds. The van der Waals surface area contributed by atoms with Crippen LogP contribution in [0.3, 0.4) is 0 Å². The Labute approximate surface area is 216 Å². The van der Waals surface area contributed by atoms with E-state index >= 15 is 0 Å². The summed E-state index contributed by atoms with van der Waals surface area (Å²) >= 11 is 4.97. The highest BCUT2D eigenvalue weighted by atomic mass is 79.9. The molecule has 0 aliphatic heterocycles. The van der Waals surface area contributed by atoms with Crippen LogP contribution in [0.4, 0.5) is 5.13 Å². The van der Waals surface area contributed by atoms with E-state index in [-0.39, 0.29) is 5.91 Å². The Morgan fingerprint density at radius 3 is 2.34 bits per heavy atom. The molecule has 4 aromatic rings. The Morgan fingerprint density at radius 1 is 1.00 bits per heavy atom. The van der Waals surface area contributed by atoms with Crippen molar-refractivity contribution >= 4 is 48.5 Å². The third kappa shape index (κ3) is 5.74. The molecule has 0 atom stereocenters. The molecule has 35 heavy (non-hydrogen) atoms. The number of carbonyl (C=O) groups excluding carboxylic acids is 1. The molecule has 0 spiro atoms. The normalized spacial score (nSPS) is 10.9. The van der Waals surface area contributed by atoms with Crippen LogP contribution in [-0.4, -0.2) is 35.7 Å². The zero-order valence-corrected chi connectivity index (χ0v) is 22.2. The molecule has 0 radical (unpaired) electrons. The first-order valence-electron chi connectivity index (χ1n) is 11.4. The number of fused-ring (bicyclic) bond motifs is 1. The first-order valence-corrected chi connectivity index (χ1v) is 13.0. The number of hydrogen-bond acceptors (Lipinski definition) is 7. The lowest BCUT2D eigenvalue weighted by molar-refractivity contribution is 0.0984. The minimum atomic E-state index is -0.225. The van der Waals surface area contributed by atoms with E-state index in [1.807, 2.05) is 51.1 Å². The second-order valence-corrected chi connectivity index (χ2v) is 9.39. The molecule has 0 unspecified atom stereocenters. The van der Waals surface area contributed by atoms with Crippen molar-refractivity contribution < 1.29 is 19.0 Å². The third-order valence-corrected chi connectivity index (χ3v) is 6.57. The molecule has 0 fully saturated rings. The Hall–Kier alpha value is -3.17. The number of hydrogen-bond donors (Lipinski definition) is 0. The maximum atomic E-state index is 14.0. The summed E-state index contributed by atoms with van der Waals surface area (Å²) in [5.74, 6) is 1.21. The second-order valence-electron chi connectivity index (χ2n) is 7.46. The van der Waals surface area contributed by atoms with Gasteiger partial charge in [-0.2, -0.15) is 0 Å². The van der Waals surface area contributed by atoms with Gasteiger partial charge in [-0.3, -0.25) is 14.7 Å². The third-order valence-electron chi connectivity index (χ3n) is 5.03. The number of thiazole rings is 1. The molecule has 9 heteroatoms. The van der Waals surface area contributed by atoms with E-state index in [1.165, 1.54) is 11.3 Å². The van der Waals surface area contributed by atoms with E-state index in [0.29, 0.717) is 54.3 Å². The number of halogens is 1. The molecule has 7 nitrogen and oxygen atoms in total. The van der Waals surface area contributed by atoms with Crippen molar-refractivity contribution in [2.24, 2.45) is 0 Å². The fraction of sp³-hybridized carbons (Fsp3) is 0.269. The standard InChI is InChI=1S/C26H26BrN3O4S/c1-4-32-21-12-18(13-22(33-5-2)24(21)34-6-3)25(31)30(16-17-8-7-11-28-15-17)26-29-20-10-9-19(27)14-23(20)35-26/h7-15H,4-6,16H2,1-3H3. The predicted octanol–water partition coefficient (Wildman–Crippen LogP) is 6.50. The van der Waals surface area contributed by atoms with Crippen molar-refractivity contribution in [2.75, 3.05) is 24.7 Å². The fourth-order valence-corrected chi connectivity index (χ4v) is 5.09. The van der Waals surface area contributed by atoms with Crippen LogP contribution in [0.1, 0.15) is 36.7 Å². The smallest absolute Gasteiger partial charge is 0.260 e. The Kier molecular flexibility index (Phi) is 8.20. The summed E-state index contributed by atoms with van der Waals surface area (Å²) in [7, 11) is 0. The van der Waals surface area contributed by atoms with Gasteiger partial charge < -0.3 is 14.2 Å². The Morgan fingerprint density at radius 2 is 1.71 bits per heavy atom. The van der Waals surface area contributed by atoms with Crippen LogP contribution < -0.4 is 19.1 Å². The van der Waals surface area contributed by atoms with Crippen molar-refractivity contribution in [3.8, 4) is 17.2 Å². The quantitative estimate of drug-likeness (QED) is 0.222. The molecule has 2 aromatic heterocycles. The number of aromatic nitrogens is 2. The zero-order chi connectivity index (χ0) is 24.8. The van der Waals surface area contributed by atoms with Crippen molar-refractivity contribution in [3.63, 3.8) is 0 Å². The van der Waals surface area contributed by atoms with Crippen molar-refractivity contribution in [1.29, 1.82) is 0 Å². The first-order chi connectivity index (χ1) is 17.0. The number of pyridine rings is 1. The first kappa shape index (κ1) is 24.9. The van der Waals surface area contributed by atoms with Crippen LogP contribution in [0.25, 0.3) is 10.2 Å². The number of carbonyl (C=O) groups is 1. The highest BCUT2D eigenvalue weighted by molar-refractivity contribution is 9.10. The summed E-state index contributed by atoms with van der Waals surface area (Å²) in [5, 5.41) is 0.594. The summed E-state index contributed by atoms with van der Waals surface area (Å²) in [6.45, 7) is 7.28. The maximum absolute atomic E-state index is 14.0. The summed E-state index contributed by atoms with van der Waals surface area (Å²) in [6.07, 6.45) is 3.46. The van der Waals surface area contributed by atoms with Crippen LogP contribution in [0.15, 0.2) is 59.3 Å². The maximum Gasteiger partial charge on any atom is 0.260 e. The SMILES string of the molecule is CCOc1cc(C(=O)N(Cc2cccnc2)c2nc3ccc(Br)cc3s2)cc(OCC)c1OCC. The number of amides is 1. The lowest BCUT2D eigenvalue weighted by Gasteiger charge is -2.22. The van der Waals surface area contributed by atoms with Gasteiger partial charge in [0.2, 0.25) is 5.75 Å². The minimum absolute atomic E-state index is 0.225. The molecule has 4 rings (SSSR count). The molecular weight excluding hydrogens is 530 g/mol. The summed E-state index contributed by atoms with van der Waals surface area (Å²) in [6, 6.07) is 13.1. The largest absolute Gasteiger partial charge is 0.490 e. The van der Waals surface area contributed by atoms with E-state index < -0.39 is 0 Å². The van der Waals surface area contributed by atoms with Gasteiger partial charge in [-0.15, -0.1) is 0 Å². The molecule has 2 heterocycles. The molecule has 2 aromatic carbocycles. The van der Waals surface area contributed by atoms with Gasteiger partial charge in [0.1, 0.15) is 0 Å². The number of benzene rings is 2. The molecule has 0 saturated carbocycles. The van der Waals surface area contributed by atoms with Gasteiger partial charge in [-0.25, -0.2) is 4.98 Å². The summed E-state index contributed by atoms with van der Waals surface area (Å²) < 4.78 is 19.4. The topological polar surface area (TPSA) is 73.8 Å². The second kappa shape index (κ2) is 11.5. The average Bonchev–Trinajstić information content (AvgIpc) is 3.27. The number of anilines is 1. The monoisotopic (exact) mass is 555 g/mol. The van der Waals surface area contributed by atoms with Crippen LogP contribution in [-0.2, 0) is 6.54 Å². The zero-order valence-electron chi connectivity index (χ0n) is 19.8. The molecule has 182 valence electrons. The van der Waals surface area contributed by atoms with Crippen molar-refractivity contribution in [1.82, 2.24) is 9.97 Å². The lowest BCUT2D eigenvalue weighted by atomic mass is 10.1. The summed E-state index contributed by atoms with van der Waals surface area (Å²) in [4.78, 5) is 24.6. The Bertz CT molecular complexity index is 1290. The van der Waals surface area contributed by atoms with Crippen molar-refractivity contribution in [3.05, 3.63) is 70.5 Å². The van der Waals surface area contributed by atoms with Crippen molar-refractivity contribution in [2.45, 2.75) is 27.3 Å². The summed E-state index contributed by atoms with van der Waals surface area (Å²) in [5.41, 5.74) is 2.14. The fourth-order valence-electron chi connectivity index (χ4n) is 3.57. The molecule has 0 aliphatic carbocycles.